The highest BCUT2D eigenvalue weighted by Gasteiger charge is 2.30. The standard InChI is InChI=1S/C20H22Cl2N2O4S/c1-23(12-13-28-17-7-5-16(21)6-8-17)20(25)15-4-9-18(22)19(14-15)29(26,27)24-10-2-3-11-24/h4-9,14H,2-3,10-13H2,1H3. The Bertz CT molecular complexity index is 974. The molecular weight excluding hydrogens is 435 g/mol. The molecule has 156 valence electrons. The van der Waals surface area contributed by atoms with Crippen LogP contribution in [-0.2, 0) is 10.0 Å². The zero-order valence-corrected chi connectivity index (χ0v) is 18.3. The van der Waals surface area contributed by atoms with E-state index >= 15 is 0 Å². The van der Waals surface area contributed by atoms with Gasteiger partial charge in [-0.1, -0.05) is 23.2 Å². The number of carbonyl (C=O) groups excluding carboxylic acids is 1. The van der Waals surface area contributed by atoms with Crippen LogP contribution in [0, 0.1) is 0 Å². The van der Waals surface area contributed by atoms with Crippen LogP contribution in [0.3, 0.4) is 0 Å². The zero-order chi connectivity index (χ0) is 21.0. The molecule has 1 aliphatic heterocycles. The van der Waals surface area contributed by atoms with Gasteiger partial charge in [-0.25, -0.2) is 8.42 Å². The third-order valence-electron chi connectivity index (χ3n) is 4.72. The van der Waals surface area contributed by atoms with Crippen molar-refractivity contribution in [3.05, 3.63) is 58.1 Å². The summed E-state index contributed by atoms with van der Waals surface area (Å²) in [5.41, 5.74) is 0.265. The minimum Gasteiger partial charge on any atom is -0.492 e. The number of amides is 1. The van der Waals surface area contributed by atoms with Gasteiger partial charge >= 0.3 is 0 Å². The molecule has 1 heterocycles. The van der Waals surface area contributed by atoms with E-state index in [1.165, 1.54) is 27.4 Å². The first kappa shape index (κ1) is 21.9. The van der Waals surface area contributed by atoms with Crippen LogP contribution >= 0.6 is 23.2 Å². The molecule has 0 aromatic heterocycles. The summed E-state index contributed by atoms with van der Waals surface area (Å²) in [4.78, 5) is 14.2. The van der Waals surface area contributed by atoms with Crippen molar-refractivity contribution in [2.24, 2.45) is 0 Å². The highest BCUT2D eigenvalue weighted by molar-refractivity contribution is 7.89. The Labute approximate surface area is 181 Å². The Morgan fingerprint density at radius 3 is 2.41 bits per heavy atom. The van der Waals surface area contributed by atoms with Crippen molar-refractivity contribution in [1.29, 1.82) is 0 Å². The van der Waals surface area contributed by atoms with E-state index in [1.807, 2.05) is 0 Å². The maximum atomic E-state index is 12.8. The third-order valence-corrected chi connectivity index (χ3v) is 7.35. The van der Waals surface area contributed by atoms with Crippen molar-refractivity contribution in [3.63, 3.8) is 0 Å². The Morgan fingerprint density at radius 2 is 1.76 bits per heavy atom. The lowest BCUT2D eigenvalue weighted by molar-refractivity contribution is 0.0773. The average molecular weight is 457 g/mol. The van der Waals surface area contributed by atoms with Crippen LogP contribution in [0.15, 0.2) is 47.4 Å². The largest absolute Gasteiger partial charge is 0.492 e. The molecule has 6 nitrogen and oxygen atoms in total. The van der Waals surface area contributed by atoms with Crippen LogP contribution in [-0.4, -0.2) is 56.8 Å². The normalized spacial score (nSPS) is 14.7. The number of carbonyl (C=O) groups is 1. The van der Waals surface area contributed by atoms with E-state index < -0.39 is 10.0 Å². The summed E-state index contributed by atoms with van der Waals surface area (Å²) in [5, 5.41) is 0.731. The molecule has 0 spiro atoms. The summed E-state index contributed by atoms with van der Waals surface area (Å²) in [6.07, 6.45) is 1.65. The van der Waals surface area contributed by atoms with E-state index in [2.05, 4.69) is 0 Å². The number of hydrogen-bond donors (Lipinski definition) is 0. The Balaban J connectivity index is 1.67. The number of nitrogens with zero attached hydrogens (tertiary/aromatic N) is 2. The first-order valence-electron chi connectivity index (χ1n) is 9.22. The predicted octanol–water partition coefficient (Wildman–Crippen LogP) is 3.93. The molecule has 0 radical (unpaired) electrons. The topological polar surface area (TPSA) is 66.9 Å². The van der Waals surface area contributed by atoms with Gasteiger partial charge < -0.3 is 9.64 Å². The van der Waals surface area contributed by atoms with E-state index in [4.69, 9.17) is 27.9 Å². The van der Waals surface area contributed by atoms with E-state index in [0.29, 0.717) is 30.4 Å². The molecular formula is C20H22Cl2N2O4S. The van der Waals surface area contributed by atoms with Gasteiger partial charge in [-0.2, -0.15) is 4.31 Å². The van der Waals surface area contributed by atoms with Gasteiger partial charge in [-0.05, 0) is 55.3 Å². The van der Waals surface area contributed by atoms with Crippen molar-refractivity contribution in [3.8, 4) is 5.75 Å². The second kappa shape index (κ2) is 9.34. The first-order valence-corrected chi connectivity index (χ1v) is 11.4. The lowest BCUT2D eigenvalue weighted by Crippen LogP contribution is -2.31. The van der Waals surface area contributed by atoms with Crippen molar-refractivity contribution in [2.45, 2.75) is 17.7 Å². The van der Waals surface area contributed by atoms with Crippen molar-refractivity contribution >= 4 is 39.1 Å². The number of ether oxygens (including phenoxy) is 1. The maximum absolute atomic E-state index is 12.8. The highest BCUT2D eigenvalue weighted by Crippen LogP contribution is 2.28. The monoisotopic (exact) mass is 456 g/mol. The summed E-state index contributed by atoms with van der Waals surface area (Å²) >= 11 is 12.0. The molecule has 2 aromatic carbocycles. The minimum atomic E-state index is -3.71. The van der Waals surface area contributed by atoms with Gasteiger partial charge in [-0.3, -0.25) is 4.79 Å². The van der Waals surface area contributed by atoms with Gasteiger partial charge in [0.05, 0.1) is 11.6 Å². The molecule has 9 heteroatoms. The Morgan fingerprint density at radius 1 is 1.10 bits per heavy atom. The van der Waals surface area contributed by atoms with Gasteiger partial charge in [0.25, 0.3) is 5.91 Å². The predicted molar refractivity (Wildman–Crippen MR) is 113 cm³/mol. The van der Waals surface area contributed by atoms with Crippen molar-refractivity contribution < 1.29 is 17.9 Å². The van der Waals surface area contributed by atoms with Crippen LogP contribution < -0.4 is 4.74 Å². The number of hydrogen-bond acceptors (Lipinski definition) is 4. The molecule has 1 amide bonds. The molecule has 1 aliphatic rings. The second-order valence-electron chi connectivity index (χ2n) is 6.79. The third kappa shape index (κ3) is 5.22. The number of likely N-dealkylation sites (N-methyl/N-ethyl adjacent to an activating group) is 1. The zero-order valence-electron chi connectivity index (χ0n) is 16.0. The number of sulfonamides is 1. The molecule has 0 aliphatic carbocycles. The van der Waals surface area contributed by atoms with Crippen molar-refractivity contribution in [2.75, 3.05) is 33.3 Å². The molecule has 1 fully saturated rings. The van der Waals surface area contributed by atoms with Crippen LogP contribution in [0.2, 0.25) is 10.0 Å². The maximum Gasteiger partial charge on any atom is 0.253 e. The molecule has 29 heavy (non-hydrogen) atoms. The van der Waals surface area contributed by atoms with Gasteiger partial charge in [0.15, 0.2) is 0 Å². The van der Waals surface area contributed by atoms with Gasteiger partial charge in [-0.15, -0.1) is 0 Å². The van der Waals surface area contributed by atoms with Gasteiger partial charge in [0, 0.05) is 30.7 Å². The quantitative estimate of drug-likeness (QED) is 0.632. The second-order valence-corrected chi connectivity index (χ2v) is 9.54. The van der Waals surface area contributed by atoms with E-state index in [1.54, 1.807) is 31.3 Å². The Hall–Kier alpha value is -1.80. The summed E-state index contributed by atoms with van der Waals surface area (Å²) in [5.74, 6) is 0.347. The van der Waals surface area contributed by atoms with Crippen molar-refractivity contribution in [1.82, 2.24) is 9.21 Å². The van der Waals surface area contributed by atoms with Crippen LogP contribution in [0.25, 0.3) is 0 Å². The van der Waals surface area contributed by atoms with E-state index in [0.717, 1.165) is 12.8 Å². The molecule has 0 saturated carbocycles. The molecule has 0 N–H and O–H groups in total. The summed E-state index contributed by atoms with van der Waals surface area (Å²) in [7, 11) is -2.08. The van der Waals surface area contributed by atoms with Crippen LogP contribution in [0.5, 0.6) is 5.75 Å². The van der Waals surface area contributed by atoms with Gasteiger partial charge in [0.1, 0.15) is 17.3 Å². The number of halogens is 2. The minimum absolute atomic E-state index is 0.0299. The van der Waals surface area contributed by atoms with Crippen LogP contribution in [0.1, 0.15) is 23.2 Å². The fourth-order valence-electron chi connectivity index (χ4n) is 3.05. The van der Waals surface area contributed by atoms with E-state index in [9.17, 15) is 13.2 Å². The molecule has 0 bridgehead atoms. The summed E-state index contributed by atoms with van der Waals surface area (Å²) in [6.45, 7) is 1.56. The number of benzene rings is 2. The van der Waals surface area contributed by atoms with Crippen LogP contribution in [0.4, 0.5) is 0 Å². The molecule has 3 rings (SSSR count). The average Bonchev–Trinajstić information content (AvgIpc) is 3.25. The molecule has 1 saturated heterocycles. The SMILES string of the molecule is CN(CCOc1ccc(Cl)cc1)C(=O)c1ccc(Cl)c(S(=O)(=O)N2CCCC2)c1. The summed E-state index contributed by atoms with van der Waals surface area (Å²) in [6, 6.07) is 11.3. The molecule has 0 unspecified atom stereocenters. The lowest BCUT2D eigenvalue weighted by Gasteiger charge is -2.20. The number of rotatable bonds is 7. The first-order chi connectivity index (χ1) is 13.8. The van der Waals surface area contributed by atoms with E-state index in [-0.39, 0.29) is 28.0 Å². The summed E-state index contributed by atoms with van der Waals surface area (Å²) < 4.78 is 32.7. The van der Waals surface area contributed by atoms with Gasteiger partial charge in [0.2, 0.25) is 10.0 Å². The molecule has 0 atom stereocenters. The highest BCUT2D eigenvalue weighted by atomic mass is 35.5. The Kier molecular flexibility index (Phi) is 7.05. The smallest absolute Gasteiger partial charge is 0.253 e. The lowest BCUT2D eigenvalue weighted by atomic mass is 10.2. The fourth-order valence-corrected chi connectivity index (χ4v) is 5.20. The molecule has 2 aromatic rings. The fraction of sp³-hybridized carbons (Fsp3) is 0.350.